The number of hydrogen-bond donors (Lipinski definition) is 1. The van der Waals surface area contributed by atoms with Crippen LogP contribution in [0.4, 0.5) is 0 Å². The average molecular weight is 244 g/mol. The molecule has 0 atom stereocenters. The number of methoxy groups -OCH3 is 1. The van der Waals surface area contributed by atoms with E-state index in [1.165, 1.54) is 0 Å². The van der Waals surface area contributed by atoms with Gasteiger partial charge in [-0.15, -0.1) is 0 Å². The molecule has 0 unspecified atom stereocenters. The Morgan fingerprint density at radius 1 is 1.17 bits per heavy atom. The zero-order valence-corrected chi connectivity index (χ0v) is 11.0. The topological polar surface area (TPSA) is 55.0 Å². The summed E-state index contributed by atoms with van der Waals surface area (Å²) in [7, 11) is 1.62. The van der Waals surface area contributed by atoms with E-state index in [0.717, 1.165) is 28.1 Å². The van der Waals surface area contributed by atoms with E-state index in [0.29, 0.717) is 5.69 Å². The standard InChI is InChI=1S/C14H16N2O2/c1-8-5-9(2)13(12(6-8)18-4)11-7-10(3)15-14(17)16-11/h5-7H,1-4H3,(H,15,16,17). The van der Waals surface area contributed by atoms with Gasteiger partial charge < -0.3 is 9.72 Å². The molecule has 0 saturated heterocycles. The van der Waals surface area contributed by atoms with Gasteiger partial charge in [0.1, 0.15) is 5.75 Å². The SMILES string of the molecule is COc1cc(C)cc(C)c1-c1cc(C)[nH]c(=O)n1. The second-order valence-corrected chi connectivity index (χ2v) is 4.41. The average Bonchev–Trinajstić information content (AvgIpc) is 2.26. The Morgan fingerprint density at radius 3 is 2.50 bits per heavy atom. The van der Waals surface area contributed by atoms with E-state index >= 15 is 0 Å². The zero-order chi connectivity index (χ0) is 13.3. The van der Waals surface area contributed by atoms with Crippen molar-refractivity contribution in [3.05, 3.63) is 45.5 Å². The van der Waals surface area contributed by atoms with Crippen LogP contribution >= 0.6 is 0 Å². The maximum absolute atomic E-state index is 11.5. The van der Waals surface area contributed by atoms with Gasteiger partial charge in [0.05, 0.1) is 12.8 Å². The highest BCUT2D eigenvalue weighted by molar-refractivity contribution is 5.71. The Balaban J connectivity index is 2.73. The van der Waals surface area contributed by atoms with E-state index < -0.39 is 0 Å². The van der Waals surface area contributed by atoms with Crippen molar-refractivity contribution in [2.45, 2.75) is 20.8 Å². The molecule has 2 rings (SSSR count). The first-order chi connectivity index (χ1) is 8.51. The van der Waals surface area contributed by atoms with Gasteiger partial charge in [0.25, 0.3) is 0 Å². The molecule has 4 nitrogen and oxygen atoms in total. The summed E-state index contributed by atoms with van der Waals surface area (Å²) in [6.07, 6.45) is 0. The largest absolute Gasteiger partial charge is 0.496 e. The molecule has 1 N–H and O–H groups in total. The number of nitrogens with zero attached hydrogens (tertiary/aromatic N) is 1. The lowest BCUT2D eigenvalue weighted by Gasteiger charge is -2.12. The fourth-order valence-electron chi connectivity index (χ4n) is 2.13. The van der Waals surface area contributed by atoms with E-state index in [9.17, 15) is 4.79 Å². The van der Waals surface area contributed by atoms with Crippen LogP contribution in [-0.4, -0.2) is 17.1 Å². The van der Waals surface area contributed by atoms with Gasteiger partial charge in [0, 0.05) is 11.3 Å². The highest BCUT2D eigenvalue weighted by Crippen LogP contribution is 2.32. The van der Waals surface area contributed by atoms with Crippen LogP contribution in [-0.2, 0) is 0 Å². The summed E-state index contributed by atoms with van der Waals surface area (Å²) in [6.45, 7) is 5.83. The van der Waals surface area contributed by atoms with Gasteiger partial charge in [-0.2, -0.15) is 4.98 Å². The zero-order valence-electron chi connectivity index (χ0n) is 11.0. The van der Waals surface area contributed by atoms with Crippen LogP contribution in [0, 0.1) is 20.8 Å². The molecular formula is C14H16N2O2. The molecule has 0 amide bonds. The molecular weight excluding hydrogens is 228 g/mol. The highest BCUT2D eigenvalue weighted by atomic mass is 16.5. The van der Waals surface area contributed by atoms with Crippen molar-refractivity contribution in [1.29, 1.82) is 0 Å². The Hall–Kier alpha value is -2.10. The van der Waals surface area contributed by atoms with E-state index in [4.69, 9.17) is 4.74 Å². The Kier molecular flexibility index (Phi) is 3.19. The fraction of sp³-hybridized carbons (Fsp3) is 0.286. The Labute approximate surface area is 106 Å². The number of aromatic nitrogens is 2. The fourth-order valence-corrected chi connectivity index (χ4v) is 2.13. The van der Waals surface area contributed by atoms with Crippen LogP contribution in [0.2, 0.25) is 0 Å². The summed E-state index contributed by atoms with van der Waals surface area (Å²) in [4.78, 5) is 18.1. The van der Waals surface area contributed by atoms with Crippen molar-refractivity contribution in [3.8, 4) is 17.0 Å². The number of nitrogens with one attached hydrogen (secondary N) is 1. The first kappa shape index (κ1) is 12.4. The van der Waals surface area contributed by atoms with Crippen LogP contribution in [0.15, 0.2) is 23.0 Å². The van der Waals surface area contributed by atoms with Gasteiger partial charge in [0.2, 0.25) is 0 Å². The van der Waals surface area contributed by atoms with Crippen molar-refractivity contribution >= 4 is 0 Å². The molecule has 0 aliphatic heterocycles. The second-order valence-electron chi connectivity index (χ2n) is 4.41. The van der Waals surface area contributed by atoms with Crippen molar-refractivity contribution in [2.24, 2.45) is 0 Å². The second kappa shape index (κ2) is 4.64. The summed E-state index contributed by atoms with van der Waals surface area (Å²) in [5.74, 6) is 0.741. The molecule has 1 heterocycles. The number of rotatable bonds is 2. The van der Waals surface area contributed by atoms with Gasteiger partial charge >= 0.3 is 5.69 Å². The number of H-pyrrole nitrogens is 1. The predicted molar refractivity (Wildman–Crippen MR) is 71.1 cm³/mol. The molecule has 94 valence electrons. The van der Waals surface area contributed by atoms with Gasteiger partial charge in [-0.1, -0.05) is 6.07 Å². The minimum absolute atomic E-state index is 0.341. The van der Waals surface area contributed by atoms with Gasteiger partial charge in [-0.05, 0) is 44.0 Å². The summed E-state index contributed by atoms with van der Waals surface area (Å²) >= 11 is 0. The molecule has 0 fully saturated rings. The summed E-state index contributed by atoms with van der Waals surface area (Å²) in [5, 5.41) is 0. The maximum Gasteiger partial charge on any atom is 0.345 e. The van der Waals surface area contributed by atoms with E-state index in [-0.39, 0.29) is 5.69 Å². The van der Waals surface area contributed by atoms with Crippen LogP contribution in [0.1, 0.15) is 16.8 Å². The molecule has 18 heavy (non-hydrogen) atoms. The number of aryl methyl sites for hydroxylation is 3. The van der Waals surface area contributed by atoms with Crippen molar-refractivity contribution < 1.29 is 4.74 Å². The van der Waals surface area contributed by atoms with E-state index in [1.807, 2.05) is 32.9 Å². The van der Waals surface area contributed by atoms with Crippen molar-refractivity contribution in [3.63, 3.8) is 0 Å². The number of aromatic amines is 1. The molecule has 0 radical (unpaired) electrons. The quantitative estimate of drug-likeness (QED) is 0.882. The van der Waals surface area contributed by atoms with Gasteiger partial charge in [-0.25, -0.2) is 4.79 Å². The van der Waals surface area contributed by atoms with Gasteiger partial charge in [0.15, 0.2) is 0 Å². The van der Waals surface area contributed by atoms with E-state index in [1.54, 1.807) is 7.11 Å². The molecule has 2 aromatic rings. The minimum atomic E-state index is -0.341. The summed E-state index contributed by atoms with van der Waals surface area (Å²) in [6, 6.07) is 5.85. The van der Waals surface area contributed by atoms with Crippen molar-refractivity contribution in [1.82, 2.24) is 9.97 Å². The number of benzene rings is 1. The molecule has 4 heteroatoms. The first-order valence-corrected chi connectivity index (χ1v) is 5.75. The Morgan fingerprint density at radius 2 is 1.89 bits per heavy atom. The first-order valence-electron chi connectivity index (χ1n) is 5.75. The van der Waals surface area contributed by atoms with Crippen LogP contribution in [0.5, 0.6) is 5.75 Å². The highest BCUT2D eigenvalue weighted by Gasteiger charge is 2.12. The van der Waals surface area contributed by atoms with E-state index in [2.05, 4.69) is 16.0 Å². The number of hydrogen-bond acceptors (Lipinski definition) is 3. The molecule has 0 aliphatic carbocycles. The third-order valence-corrected chi connectivity index (χ3v) is 2.80. The maximum atomic E-state index is 11.5. The molecule has 0 spiro atoms. The normalized spacial score (nSPS) is 10.4. The molecule has 1 aromatic heterocycles. The Bertz CT molecular complexity index is 645. The van der Waals surface area contributed by atoms with Crippen molar-refractivity contribution in [2.75, 3.05) is 7.11 Å². The lowest BCUT2D eigenvalue weighted by atomic mass is 10.0. The monoisotopic (exact) mass is 244 g/mol. The molecule has 1 aromatic carbocycles. The number of ether oxygens (including phenoxy) is 1. The molecule has 0 aliphatic rings. The molecule has 0 bridgehead atoms. The smallest absolute Gasteiger partial charge is 0.345 e. The summed E-state index contributed by atoms with van der Waals surface area (Å²) in [5.41, 5.74) is 4.13. The lowest BCUT2D eigenvalue weighted by Crippen LogP contribution is -2.12. The summed E-state index contributed by atoms with van der Waals surface area (Å²) < 4.78 is 5.39. The van der Waals surface area contributed by atoms with Crippen LogP contribution < -0.4 is 10.4 Å². The minimum Gasteiger partial charge on any atom is -0.496 e. The third-order valence-electron chi connectivity index (χ3n) is 2.80. The molecule has 0 saturated carbocycles. The van der Waals surface area contributed by atoms with Gasteiger partial charge in [-0.3, -0.25) is 0 Å². The van der Waals surface area contributed by atoms with Crippen LogP contribution in [0.3, 0.4) is 0 Å². The van der Waals surface area contributed by atoms with Crippen LogP contribution in [0.25, 0.3) is 11.3 Å². The lowest BCUT2D eigenvalue weighted by molar-refractivity contribution is 0.415. The third kappa shape index (κ3) is 2.27. The predicted octanol–water partition coefficient (Wildman–Crippen LogP) is 2.37.